The van der Waals surface area contributed by atoms with Gasteiger partial charge in [0, 0.05) is 29.5 Å². The van der Waals surface area contributed by atoms with Crippen molar-refractivity contribution in [3.63, 3.8) is 0 Å². The molecule has 0 saturated carbocycles. The highest BCUT2D eigenvalue weighted by Gasteiger charge is 2.16. The average molecular weight is 444 g/mol. The second-order valence-electron chi connectivity index (χ2n) is 7.90. The van der Waals surface area contributed by atoms with Crippen LogP contribution in [0.1, 0.15) is 27.2 Å². The van der Waals surface area contributed by atoms with E-state index in [9.17, 15) is 4.79 Å². The summed E-state index contributed by atoms with van der Waals surface area (Å²) >= 11 is 0. The number of pyridine rings is 2. The zero-order valence-electron chi connectivity index (χ0n) is 18.4. The Morgan fingerprint density at radius 1 is 1.09 bits per heavy atom. The topological polar surface area (TPSA) is 96.5 Å². The lowest BCUT2D eigenvalue weighted by molar-refractivity contribution is 0.102. The lowest BCUT2D eigenvalue weighted by atomic mass is 10.0. The maximum absolute atomic E-state index is 13.4. The van der Waals surface area contributed by atoms with E-state index in [4.69, 9.17) is 10.2 Å². The van der Waals surface area contributed by atoms with E-state index in [1.807, 2.05) is 61.7 Å². The van der Waals surface area contributed by atoms with E-state index in [0.29, 0.717) is 34.7 Å². The van der Waals surface area contributed by atoms with Gasteiger partial charge in [0.1, 0.15) is 0 Å². The van der Waals surface area contributed by atoms with Gasteiger partial charge in [0.05, 0.1) is 46.3 Å². The minimum absolute atomic E-state index is 0.232. The van der Waals surface area contributed by atoms with Crippen LogP contribution in [0, 0.1) is 18.3 Å². The molecule has 7 nitrogen and oxygen atoms in total. The Balaban J connectivity index is 1.44. The fourth-order valence-electron chi connectivity index (χ4n) is 3.81. The van der Waals surface area contributed by atoms with Gasteiger partial charge in [0.15, 0.2) is 0 Å². The van der Waals surface area contributed by atoms with Gasteiger partial charge < -0.3 is 5.32 Å². The third kappa shape index (κ3) is 4.25. The van der Waals surface area contributed by atoms with Crippen LogP contribution in [0.25, 0.3) is 22.2 Å². The van der Waals surface area contributed by atoms with Crippen molar-refractivity contribution in [3.05, 3.63) is 108 Å². The molecule has 5 rings (SSSR count). The van der Waals surface area contributed by atoms with Crippen LogP contribution in [0.2, 0.25) is 0 Å². The van der Waals surface area contributed by atoms with Crippen LogP contribution in [-0.4, -0.2) is 25.7 Å². The maximum atomic E-state index is 13.4. The van der Waals surface area contributed by atoms with Crippen LogP contribution in [0.4, 0.5) is 5.69 Å². The molecule has 2 aromatic carbocycles. The minimum Gasteiger partial charge on any atom is -0.319 e. The average Bonchev–Trinajstić information content (AvgIpc) is 3.22. The van der Waals surface area contributed by atoms with E-state index >= 15 is 0 Å². The third-order valence-electron chi connectivity index (χ3n) is 5.54. The first-order valence-corrected chi connectivity index (χ1v) is 10.8. The summed E-state index contributed by atoms with van der Waals surface area (Å²) in [6.07, 6.45) is 5.25. The summed E-state index contributed by atoms with van der Waals surface area (Å²) < 4.78 is 1.78. The lowest BCUT2D eigenvalue weighted by Crippen LogP contribution is -2.13. The molecular formula is C27H20N6O. The molecule has 0 aliphatic heterocycles. The highest BCUT2D eigenvalue weighted by molar-refractivity contribution is 6.13. The van der Waals surface area contributed by atoms with Crippen molar-refractivity contribution in [3.8, 4) is 17.3 Å². The second kappa shape index (κ2) is 8.96. The van der Waals surface area contributed by atoms with Gasteiger partial charge in [-0.25, -0.2) is 4.98 Å². The zero-order valence-corrected chi connectivity index (χ0v) is 18.4. The standard InChI is InChI=1S/C27H20N6O/c1-18-26(17-33(32-18)16-20-10-8-19(14-28)9-11-20)31-27(34)23-13-25(21-5-4-12-29-15-21)30-24-7-3-2-6-22(23)24/h2-13,15,17H,16H2,1H3,(H,31,34). The van der Waals surface area contributed by atoms with Crippen LogP contribution >= 0.6 is 0 Å². The number of para-hydroxylation sites is 1. The Kier molecular flexibility index (Phi) is 5.55. The SMILES string of the molecule is Cc1nn(Cc2ccc(C#N)cc2)cc1NC(=O)c1cc(-c2cccnc2)nc2ccccc12. The van der Waals surface area contributed by atoms with Crippen LogP contribution in [0.15, 0.2) is 85.3 Å². The van der Waals surface area contributed by atoms with Crippen molar-refractivity contribution in [2.45, 2.75) is 13.5 Å². The number of nitriles is 1. The smallest absolute Gasteiger partial charge is 0.256 e. The van der Waals surface area contributed by atoms with E-state index in [-0.39, 0.29) is 5.91 Å². The van der Waals surface area contributed by atoms with Crippen LogP contribution in [-0.2, 0) is 6.54 Å². The van der Waals surface area contributed by atoms with Crippen molar-refractivity contribution in [1.29, 1.82) is 5.26 Å². The summed E-state index contributed by atoms with van der Waals surface area (Å²) in [5.41, 5.74) is 5.78. The van der Waals surface area contributed by atoms with Crippen molar-refractivity contribution < 1.29 is 4.79 Å². The fourth-order valence-corrected chi connectivity index (χ4v) is 3.81. The molecule has 7 heteroatoms. The number of carbonyl (C=O) groups is 1. The monoisotopic (exact) mass is 444 g/mol. The van der Waals surface area contributed by atoms with Gasteiger partial charge >= 0.3 is 0 Å². The first-order valence-electron chi connectivity index (χ1n) is 10.8. The summed E-state index contributed by atoms with van der Waals surface area (Å²) in [7, 11) is 0. The molecule has 0 atom stereocenters. The third-order valence-corrected chi connectivity index (χ3v) is 5.54. The number of hydrogen-bond acceptors (Lipinski definition) is 5. The number of benzene rings is 2. The number of hydrogen-bond donors (Lipinski definition) is 1. The number of aryl methyl sites for hydroxylation is 1. The van der Waals surface area contributed by atoms with Crippen molar-refractivity contribution in [1.82, 2.24) is 19.7 Å². The first kappa shape index (κ1) is 21.0. The van der Waals surface area contributed by atoms with E-state index in [1.54, 1.807) is 35.3 Å². The van der Waals surface area contributed by atoms with Crippen LogP contribution in [0.3, 0.4) is 0 Å². The molecule has 164 valence electrons. The van der Waals surface area contributed by atoms with Gasteiger partial charge in [-0.15, -0.1) is 0 Å². The lowest BCUT2D eigenvalue weighted by Gasteiger charge is -2.10. The van der Waals surface area contributed by atoms with Gasteiger partial charge in [-0.1, -0.05) is 30.3 Å². The largest absolute Gasteiger partial charge is 0.319 e. The van der Waals surface area contributed by atoms with Gasteiger partial charge in [0.2, 0.25) is 0 Å². The molecule has 34 heavy (non-hydrogen) atoms. The molecule has 0 bridgehead atoms. The summed E-state index contributed by atoms with van der Waals surface area (Å²) in [5, 5.41) is 17.3. The molecule has 0 aliphatic rings. The summed E-state index contributed by atoms with van der Waals surface area (Å²) in [6, 6.07) is 22.6. The van der Waals surface area contributed by atoms with Crippen molar-refractivity contribution in [2.75, 3.05) is 5.32 Å². The Morgan fingerprint density at radius 3 is 2.68 bits per heavy atom. The van der Waals surface area contributed by atoms with Gasteiger partial charge in [0.25, 0.3) is 5.91 Å². The number of rotatable bonds is 5. The van der Waals surface area contributed by atoms with Crippen molar-refractivity contribution >= 4 is 22.5 Å². The number of anilines is 1. The molecule has 1 amide bonds. The van der Waals surface area contributed by atoms with E-state index < -0.39 is 0 Å². The maximum Gasteiger partial charge on any atom is 0.256 e. The van der Waals surface area contributed by atoms with E-state index in [0.717, 1.165) is 22.0 Å². The predicted octanol–water partition coefficient (Wildman–Crippen LogP) is 4.97. The Labute approximate surface area is 196 Å². The molecule has 0 saturated heterocycles. The molecule has 5 aromatic rings. The molecule has 3 heterocycles. The Bertz CT molecular complexity index is 1530. The molecule has 0 radical (unpaired) electrons. The quantitative estimate of drug-likeness (QED) is 0.413. The Hall–Kier alpha value is -4.83. The van der Waals surface area contributed by atoms with Gasteiger partial charge in [-0.2, -0.15) is 10.4 Å². The highest BCUT2D eigenvalue weighted by Crippen LogP contribution is 2.25. The normalized spacial score (nSPS) is 10.7. The number of nitrogens with one attached hydrogen (secondary N) is 1. The fraction of sp³-hybridized carbons (Fsp3) is 0.0741. The second-order valence-corrected chi connectivity index (χ2v) is 7.90. The van der Waals surface area contributed by atoms with Gasteiger partial charge in [-0.05, 0) is 48.9 Å². The number of nitrogens with zero attached hydrogens (tertiary/aromatic N) is 5. The number of aromatic nitrogens is 4. The number of fused-ring (bicyclic) bond motifs is 1. The molecule has 3 aromatic heterocycles. The van der Waals surface area contributed by atoms with E-state index in [1.165, 1.54) is 0 Å². The minimum atomic E-state index is -0.232. The molecule has 0 spiro atoms. The molecule has 0 fully saturated rings. The van der Waals surface area contributed by atoms with E-state index in [2.05, 4.69) is 21.5 Å². The van der Waals surface area contributed by atoms with Gasteiger partial charge in [-0.3, -0.25) is 14.5 Å². The first-order chi connectivity index (χ1) is 16.6. The summed E-state index contributed by atoms with van der Waals surface area (Å²) in [6.45, 7) is 2.39. The van der Waals surface area contributed by atoms with Crippen LogP contribution in [0.5, 0.6) is 0 Å². The summed E-state index contributed by atoms with van der Waals surface area (Å²) in [5.74, 6) is -0.232. The van der Waals surface area contributed by atoms with Crippen LogP contribution < -0.4 is 5.32 Å². The molecule has 1 N–H and O–H groups in total. The molecule has 0 unspecified atom stereocenters. The highest BCUT2D eigenvalue weighted by atomic mass is 16.1. The molecular weight excluding hydrogens is 424 g/mol. The number of carbonyl (C=O) groups excluding carboxylic acids is 1. The van der Waals surface area contributed by atoms with Crippen molar-refractivity contribution in [2.24, 2.45) is 0 Å². The summed E-state index contributed by atoms with van der Waals surface area (Å²) in [4.78, 5) is 22.3. The zero-order chi connectivity index (χ0) is 23.5. The number of amides is 1. The molecule has 0 aliphatic carbocycles. The Morgan fingerprint density at radius 2 is 1.91 bits per heavy atom. The predicted molar refractivity (Wildman–Crippen MR) is 130 cm³/mol.